The zero-order chi connectivity index (χ0) is 25.9. The minimum Gasteiger partial charge on any atom is -0.503 e. The van der Waals surface area contributed by atoms with Crippen LogP contribution in [0.15, 0.2) is 96.4 Å². The van der Waals surface area contributed by atoms with E-state index in [0.29, 0.717) is 13.0 Å². The molecule has 2 heterocycles. The number of carbonyl (C=O) groups excluding carboxylic acids is 2. The van der Waals surface area contributed by atoms with Crippen LogP contribution in [0.3, 0.4) is 0 Å². The maximum absolute atomic E-state index is 13.3. The average molecular weight is 493 g/mol. The number of allylic oxidation sites excluding steroid dienone is 1. The number of aliphatic hydroxyl groups is 1. The number of hydrogen-bond acceptors (Lipinski definition) is 4. The fourth-order valence-electron chi connectivity index (χ4n) is 4.79. The molecular formula is C31H28N2O4. The number of methoxy groups -OCH3 is 1. The Kier molecular flexibility index (Phi) is 6.64. The van der Waals surface area contributed by atoms with Gasteiger partial charge in [-0.05, 0) is 54.3 Å². The lowest BCUT2D eigenvalue weighted by Crippen LogP contribution is -2.33. The molecule has 0 spiro atoms. The average Bonchev–Trinajstić information content (AvgIpc) is 3.44. The third-order valence-electron chi connectivity index (χ3n) is 6.79. The molecule has 1 amide bonds. The Hall–Kier alpha value is -4.58. The third-order valence-corrected chi connectivity index (χ3v) is 6.79. The molecule has 0 radical (unpaired) electrons. The summed E-state index contributed by atoms with van der Waals surface area (Å²) in [6.45, 7) is 2.30. The number of rotatable bonds is 8. The number of hydrogen-bond donors (Lipinski definition) is 2. The monoisotopic (exact) mass is 492 g/mol. The van der Waals surface area contributed by atoms with Crippen molar-refractivity contribution < 1.29 is 19.4 Å². The molecular weight excluding hydrogens is 464 g/mol. The number of H-pyrrole nitrogens is 1. The normalized spacial score (nSPS) is 15.8. The van der Waals surface area contributed by atoms with E-state index < -0.39 is 17.7 Å². The molecule has 186 valence electrons. The molecule has 5 rings (SSSR count). The number of aliphatic hydroxyl groups excluding tert-OH is 1. The number of nitrogens with one attached hydrogen (secondary N) is 1. The first-order valence-electron chi connectivity index (χ1n) is 12.2. The first-order valence-corrected chi connectivity index (χ1v) is 12.2. The standard InChI is InChI=1S/C31H28N2O4/c1-20-8-11-22(12-9-20)29-28(27(34)15-10-21-6-4-3-5-7-21)30(35)31(36)33(29)17-16-23-19-32-26-14-13-24(37-2)18-25(23)26/h3-15,18-19,29,32,35H,16-17H2,1-2H3/b15-10+/t29-/m0/s1. The number of aryl methyl sites for hydroxylation is 1. The quantitative estimate of drug-likeness (QED) is 0.309. The van der Waals surface area contributed by atoms with Crippen LogP contribution in [0.2, 0.25) is 0 Å². The van der Waals surface area contributed by atoms with E-state index in [1.807, 2.05) is 85.9 Å². The summed E-state index contributed by atoms with van der Waals surface area (Å²) in [5, 5.41) is 11.9. The van der Waals surface area contributed by atoms with Gasteiger partial charge >= 0.3 is 0 Å². The molecule has 0 fully saturated rings. The van der Waals surface area contributed by atoms with Gasteiger partial charge in [0.2, 0.25) is 0 Å². The fourth-order valence-corrected chi connectivity index (χ4v) is 4.79. The highest BCUT2D eigenvalue weighted by molar-refractivity contribution is 6.14. The molecule has 6 heteroatoms. The predicted molar refractivity (Wildman–Crippen MR) is 144 cm³/mol. The zero-order valence-corrected chi connectivity index (χ0v) is 20.8. The van der Waals surface area contributed by atoms with Crippen LogP contribution in [-0.4, -0.2) is 40.3 Å². The first-order chi connectivity index (χ1) is 18.0. The highest BCUT2D eigenvalue weighted by atomic mass is 16.5. The molecule has 1 atom stereocenters. The number of carbonyl (C=O) groups is 2. The highest BCUT2D eigenvalue weighted by Crippen LogP contribution is 2.38. The van der Waals surface area contributed by atoms with E-state index in [-0.39, 0.29) is 11.4 Å². The molecule has 1 aliphatic rings. The second-order valence-electron chi connectivity index (χ2n) is 9.16. The molecule has 3 aromatic carbocycles. The Morgan fingerprint density at radius 1 is 1.08 bits per heavy atom. The largest absolute Gasteiger partial charge is 0.503 e. The van der Waals surface area contributed by atoms with Crippen molar-refractivity contribution in [3.05, 3.63) is 119 Å². The molecule has 0 unspecified atom stereocenters. The van der Waals surface area contributed by atoms with Crippen molar-refractivity contribution in [3.63, 3.8) is 0 Å². The second-order valence-corrected chi connectivity index (χ2v) is 9.16. The van der Waals surface area contributed by atoms with Gasteiger partial charge in [-0.2, -0.15) is 0 Å². The topological polar surface area (TPSA) is 82.6 Å². The van der Waals surface area contributed by atoms with Gasteiger partial charge in [-0.3, -0.25) is 9.59 Å². The fraction of sp³-hybridized carbons (Fsp3) is 0.161. The molecule has 6 nitrogen and oxygen atoms in total. The summed E-state index contributed by atoms with van der Waals surface area (Å²) in [7, 11) is 1.63. The lowest BCUT2D eigenvalue weighted by Gasteiger charge is -2.26. The van der Waals surface area contributed by atoms with E-state index in [1.165, 1.54) is 6.08 Å². The number of ketones is 1. The zero-order valence-electron chi connectivity index (χ0n) is 20.8. The minimum atomic E-state index is -0.680. The van der Waals surface area contributed by atoms with E-state index in [2.05, 4.69) is 4.98 Å². The van der Waals surface area contributed by atoms with Crippen molar-refractivity contribution in [2.75, 3.05) is 13.7 Å². The molecule has 0 aliphatic carbocycles. The Balaban J connectivity index is 1.46. The van der Waals surface area contributed by atoms with Crippen molar-refractivity contribution in [1.29, 1.82) is 0 Å². The van der Waals surface area contributed by atoms with Crippen molar-refractivity contribution in [2.45, 2.75) is 19.4 Å². The van der Waals surface area contributed by atoms with Crippen LogP contribution >= 0.6 is 0 Å². The number of fused-ring (bicyclic) bond motifs is 1. The van der Waals surface area contributed by atoms with E-state index >= 15 is 0 Å². The van der Waals surface area contributed by atoms with Crippen LogP contribution < -0.4 is 4.74 Å². The minimum absolute atomic E-state index is 0.0987. The number of benzene rings is 3. The number of aromatic amines is 1. The van der Waals surface area contributed by atoms with E-state index in [9.17, 15) is 14.7 Å². The molecule has 1 aliphatic heterocycles. The summed E-state index contributed by atoms with van der Waals surface area (Å²) < 4.78 is 5.37. The van der Waals surface area contributed by atoms with Crippen LogP contribution in [-0.2, 0) is 16.0 Å². The van der Waals surface area contributed by atoms with Crippen molar-refractivity contribution >= 4 is 28.7 Å². The van der Waals surface area contributed by atoms with E-state index in [0.717, 1.165) is 38.9 Å². The van der Waals surface area contributed by atoms with Gasteiger partial charge in [0.1, 0.15) is 5.75 Å². The predicted octanol–water partition coefficient (Wildman–Crippen LogP) is 5.71. The lowest BCUT2D eigenvalue weighted by molar-refractivity contribution is -0.129. The third kappa shape index (κ3) is 4.78. The summed E-state index contributed by atoms with van der Waals surface area (Å²) in [5.41, 5.74) is 4.80. The summed E-state index contributed by atoms with van der Waals surface area (Å²) in [6, 6.07) is 22.3. The van der Waals surface area contributed by atoms with Crippen LogP contribution in [0.5, 0.6) is 5.75 Å². The Bertz CT molecular complexity index is 1510. The van der Waals surface area contributed by atoms with Gasteiger partial charge in [0, 0.05) is 23.6 Å². The Morgan fingerprint density at radius 3 is 2.57 bits per heavy atom. The van der Waals surface area contributed by atoms with Crippen molar-refractivity contribution in [2.24, 2.45) is 0 Å². The van der Waals surface area contributed by atoms with Crippen LogP contribution in [0.4, 0.5) is 0 Å². The molecule has 0 bridgehead atoms. The summed E-state index contributed by atoms with van der Waals surface area (Å²) in [5.74, 6) is -0.673. The Labute approximate surface area is 215 Å². The van der Waals surface area contributed by atoms with Gasteiger partial charge in [0.15, 0.2) is 11.5 Å². The van der Waals surface area contributed by atoms with Crippen LogP contribution in [0.25, 0.3) is 17.0 Å². The number of nitrogens with zero attached hydrogens (tertiary/aromatic N) is 1. The summed E-state index contributed by atoms with van der Waals surface area (Å²) >= 11 is 0. The molecule has 0 saturated heterocycles. The van der Waals surface area contributed by atoms with E-state index in [4.69, 9.17) is 4.74 Å². The smallest absolute Gasteiger partial charge is 0.290 e. The van der Waals surface area contributed by atoms with Crippen LogP contribution in [0, 0.1) is 6.92 Å². The van der Waals surface area contributed by atoms with Gasteiger partial charge < -0.3 is 19.7 Å². The number of ether oxygens (including phenoxy) is 1. The summed E-state index contributed by atoms with van der Waals surface area (Å²) in [6.07, 6.45) is 5.58. The van der Waals surface area contributed by atoms with Crippen molar-refractivity contribution in [1.82, 2.24) is 9.88 Å². The summed E-state index contributed by atoms with van der Waals surface area (Å²) in [4.78, 5) is 31.5. The van der Waals surface area contributed by atoms with Gasteiger partial charge in [-0.25, -0.2) is 0 Å². The highest BCUT2D eigenvalue weighted by Gasteiger charge is 2.42. The molecule has 37 heavy (non-hydrogen) atoms. The van der Waals surface area contributed by atoms with E-state index in [1.54, 1.807) is 18.1 Å². The number of amides is 1. The second kappa shape index (κ2) is 10.2. The van der Waals surface area contributed by atoms with Crippen LogP contribution in [0.1, 0.15) is 28.3 Å². The van der Waals surface area contributed by atoms with Gasteiger partial charge in [0.05, 0.1) is 18.7 Å². The maximum Gasteiger partial charge on any atom is 0.290 e. The van der Waals surface area contributed by atoms with Crippen molar-refractivity contribution in [3.8, 4) is 5.75 Å². The van der Waals surface area contributed by atoms with Gasteiger partial charge in [0.25, 0.3) is 5.91 Å². The van der Waals surface area contributed by atoms with Gasteiger partial charge in [-0.15, -0.1) is 0 Å². The molecule has 4 aromatic rings. The maximum atomic E-state index is 13.3. The molecule has 0 saturated carbocycles. The lowest BCUT2D eigenvalue weighted by atomic mass is 9.94. The van der Waals surface area contributed by atoms with Gasteiger partial charge in [-0.1, -0.05) is 66.2 Å². The number of aromatic nitrogens is 1. The Morgan fingerprint density at radius 2 is 1.84 bits per heavy atom. The molecule has 2 N–H and O–H groups in total. The first kappa shape index (κ1) is 24.1. The molecule has 1 aromatic heterocycles. The SMILES string of the molecule is COc1ccc2[nH]cc(CCN3C(=O)C(O)=C(C(=O)/C=C/c4ccccc4)[C@@H]3c3ccc(C)cc3)c2c1.